The van der Waals surface area contributed by atoms with E-state index in [4.69, 9.17) is 5.73 Å². The predicted octanol–water partition coefficient (Wildman–Crippen LogP) is 1.32. The van der Waals surface area contributed by atoms with Crippen LogP contribution >= 0.6 is 0 Å². The van der Waals surface area contributed by atoms with Gasteiger partial charge in [0.15, 0.2) is 5.96 Å². The molecule has 1 aliphatic heterocycles. The monoisotopic (exact) mass is 312 g/mol. The fraction of sp³-hybridized carbons (Fsp3) is 0.375. The second-order valence-electron chi connectivity index (χ2n) is 6.58. The predicted molar refractivity (Wildman–Crippen MR) is 88.8 cm³/mol. The van der Waals surface area contributed by atoms with Gasteiger partial charge in [0.1, 0.15) is 6.17 Å². The fourth-order valence-electron chi connectivity index (χ4n) is 3.34. The lowest BCUT2D eigenvalue weighted by molar-refractivity contribution is -0.0415. The highest BCUT2D eigenvalue weighted by molar-refractivity contribution is 5.95. The van der Waals surface area contributed by atoms with E-state index in [1.807, 2.05) is 31.2 Å². The summed E-state index contributed by atoms with van der Waals surface area (Å²) in [6.07, 6.45) is 3.00. The van der Waals surface area contributed by atoms with Crippen molar-refractivity contribution in [1.29, 1.82) is 0 Å². The third kappa shape index (κ3) is 2.69. The lowest BCUT2D eigenvalue weighted by Gasteiger charge is -2.43. The molecule has 4 rings (SSSR count). The molecule has 0 amide bonds. The molecule has 1 saturated carbocycles. The number of nitrogens with zero attached hydrogens (tertiary/aromatic N) is 2. The van der Waals surface area contributed by atoms with Crippen LogP contribution in [0.4, 0.5) is 5.69 Å². The number of fused-ring (bicyclic) bond motifs is 1. The number of rotatable bonds is 3. The number of hydrogen-bond donors (Lipinski definition) is 5. The summed E-state index contributed by atoms with van der Waals surface area (Å²) in [7, 11) is 0. The van der Waals surface area contributed by atoms with Gasteiger partial charge in [-0.2, -0.15) is 5.10 Å². The molecule has 1 aromatic carbocycles. The number of nitrogens with two attached hydrogens (primary N) is 1. The van der Waals surface area contributed by atoms with Crippen LogP contribution in [0.5, 0.6) is 0 Å². The number of aromatic nitrogens is 2. The van der Waals surface area contributed by atoms with Crippen LogP contribution in [0.1, 0.15) is 31.5 Å². The van der Waals surface area contributed by atoms with Crippen LogP contribution in [-0.4, -0.2) is 32.9 Å². The van der Waals surface area contributed by atoms with Crippen LogP contribution < -0.4 is 16.4 Å². The summed E-state index contributed by atoms with van der Waals surface area (Å²) in [4.78, 5) is 4.46. The summed E-state index contributed by atoms with van der Waals surface area (Å²) in [6.45, 7) is 1.86. The van der Waals surface area contributed by atoms with Gasteiger partial charge in [-0.25, -0.2) is 4.99 Å². The van der Waals surface area contributed by atoms with E-state index in [0.717, 1.165) is 35.3 Å². The van der Waals surface area contributed by atoms with E-state index in [1.54, 1.807) is 6.20 Å². The summed E-state index contributed by atoms with van der Waals surface area (Å²) in [5, 5.41) is 23.4. The van der Waals surface area contributed by atoms with Gasteiger partial charge in [-0.3, -0.25) is 10.4 Å². The molecule has 2 aliphatic rings. The van der Waals surface area contributed by atoms with Crippen molar-refractivity contribution in [2.75, 3.05) is 5.32 Å². The first kappa shape index (κ1) is 14.2. The highest BCUT2D eigenvalue weighted by Crippen LogP contribution is 2.36. The fourth-order valence-corrected chi connectivity index (χ4v) is 3.34. The Morgan fingerprint density at radius 2 is 2.17 bits per heavy atom. The number of nitrogens with one attached hydrogen (secondary N) is 3. The van der Waals surface area contributed by atoms with Crippen molar-refractivity contribution in [3.8, 4) is 11.3 Å². The zero-order chi connectivity index (χ0) is 16.0. The molecule has 2 heterocycles. The number of guanidine groups is 1. The topological polar surface area (TPSA) is 111 Å². The average Bonchev–Trinajstić information content (AvgIpc) is 2.98. The van der Waals surface area contributed by atoms with Crippen molar-refractivity contribution in [2.45, 2.75) is 37.6 Å². The van der Waals surface area contributed by atoms with Crippen LogP contribution in [0, 0.1) is 0 Å². The van der Waals surface area contributed by atoms with Crippen molar-refractivity contribution in [1.82, 2.24) is 15.5 Å². The van der Waals surface area contributed by atoms with Gasteiger partial charge in [0, 0.05) is 29.1 Å². The number of hydrogen-bond acceptors (Lipinski definition) is 6. The quantitative estimate of drug-likeness (QED) is 0.587. The number of H-pyrrole nitrogens is 1. The van der Waals surface area contributed by atoms with Crippen LogP contribution in [-0.2, 0) is 0 Å². The van der Waals surface area contributed by atoms with E-state index < -0.39 is 5.60 Å². The molecule has 2 aromatic rings. The van der Waals surface area contributed by atoms with Gasteiger partial charge < -0.3 is 16.2 Å². The zero-order valence-corrected chi connectivity index (χ0v) is 12.9. The second kappa shape index (κ2) is 5.07. The molecule has 1 atom stereocenters. The molecule has 0 saturated heterocycles. The van der Waals surface area contributed by atoms with E-state index >= 15 is 0 Å². The molecule has 0 radical (unpaired) electrons. The van der Waals surface area contributed by atoms with Gasteiger partial charge in [0.25, 0.3) is 0 Å². The minimum Gasteiger partial charge on any atom is -0.390 e. The summed E-state index contributed by atoms with van der Waals surface area (Å²) in [6, 6.07) is 8.30. The van der Waals surface area contributed by atoms with Gasteiger partial charge in [0.05, 0.1) is 11.3 Å². The van der Waals surface area contributed by atoms with Gasteiger partial charge in [-0.15, -0.1) is 0 Å². The van der Waals surface area contributed by atoms with Crippen LogP contribution in [0.3, 0.4) is 0 Å². The Balaban J connectivity index is 1.59. The summed E-state index contributed by atoms with van der Waals surface area (Å²) in [5.74, 6) is 0.392. The van der Waals surface area contributed by atoms with Crippen molar-refractivity contribution in [3.63, 3.8) is 0 Å². The molecule has 1 aromatic heterocycles. The van der Waals surface area contributed by atoms with E-state index in [-0.39, 0.29) is 12.2 Å². The molecule has 0 bridgehead atoms. The number of benzene rings is 1. The van der Waals surface area contributed by atoms with Gasteiger partial charge in [-0.05, 0) is 31.9 Å². The molecule has 7 heteroatoms. The van der Waals surface area contributed by atoms with Gasteiger partial charge in [-0.1, -0.05) is 12.1 Å². The first-order valence-electron chi connectivity index (χ1n) is 7.73. The average molecular weight is 312 g/mol. The Kier molecular flexibility index (Phi) is 3.14. The molecule has 1 aliphatic carbocycles. The minimum atomic E-state index is -0.562. The smallest absolute Gasteiger partial charge is 0.195 e. The minimum absolute atomic E-state index is 0.192. The molecule has 6 N–H and O–H groups in total. The highest BCUT2D eigenvalue weighted by Gasteiger charge is 2.39. The Hall–Kier alpha value is -2.38. The van der Waals surface area contributed by atoms with E-state index in [1.165, 1.54) is 0 Å². The third-order valence-corrected chi connectivity index (χ3v) is 4.46. The normalized spacial score (nSPS) is 29.2. The molecule has 23 heavy (non-hydrogen) atoms. The molecular formula is C16H20N6O. The Morgan fingerprint density at radius 3 is 2.87 bits per heavy atom. The van der Waals surface area contributed by atoms with Gasteiger partial charge in [0.2, 0.25) is 0 Å². The first-order chi connectivity index (χ1) is 11.0. The molecule has 0 spiro atoms. The Labute approximate surface area is 134 Å². The van der Waals surface area contributed by atoms with Crippen LogP contribution in [0.25, 0.3) is 11.3 Å². The summed E-state index contributed by atoms with van der Waals surface area (Å²) in [5.41, 5.74) is 9.34. The summed E-state index contributed by atoms with van der Waals surface area (Å²) < 4.78 is 0. The lowest BCUT2D eigenvalue weighted by atomic mass is 9.77. The van der Waals surface area contributed by atoms with Gasteiger partial charge >= 0.3 is 0 Å². The lowest BCUT2D eigenvalue weighted by Crippen LogP contribution is -2.53. The van der Waals surface area contributed by atoms with Crippen molar-refractivity contribution in [3.05, 3.63) is 36.0 Å². The number of aromatic amines is 1. The van der Waals surface area contributed by atoms with E-state index in [9.17, 15) is 5.11 Å². The molecule has 7 nitrogen and oxygen atoms in total. The van der Waals surface area contributed by atoms with Crippen molar-refractivity contribution < 1.29 is 5.11 Å². The largest absolute Gasteiger partial charge is 0.390 e. The molecule has 120 valence electrons. The number of aliphatic imine (C=N–C) groups is 1. The van der Waals surface area contributed by atoms with Crippen molar-refractivity contribution >= 4 is 11.6 Å². The van der Waals surface area contributed by atoms with Crippen molar-refractivity contribution in [2.24, 2.45) is 10.7 Å². The SMILES string of the molecule is CC1(O)CC(NC2N=C(N)Nc3cc(-c4ccn[nH]4)ccc32)C1. The zero-order valence-electron chi connectivity index (χ0n) is 12.9. The Bertz CT molecular complexity index is 744. The maximum atomic E-state index is 9.88. The first-order valence-corrected chi connectivity index (χ1v) is 7.73. The maximum Gasteiger partial charge on any atom is 0.195 e. The summed E-state index contributed by atoms with van der Waals surface area (Å²) >= 11 is 0. The third-order valence-electron chi connectivity index (χ3n) is 4.46. The number of anilines is 1. The van der Waals surface area contributed by atoms with Crippen LogP contribution in [0.2, 0.25) is 0 Å². The maximum absolute atomic E-state index is 9.88. The Morgan fingerprint density at radius 1 is 1.35 bits per heavy atom. The standard InChI is InChI=1S/C16H20N6O/c1-16(23)7-10(8-16)19-14-11-3-2-9(12-4-5-18-22-12)6-13(11)20-15(17)21-14/h2-6,10,14,19,23H,7-8H2,1H3,(H,18,22)(H3,17,20,21). The molecule has 1 fully saturated rings. The molecular weight excluding hydrogens is 292 g/mol. The molecule has 1 unspecified atom stereocenters. The van der Waals surface area contributed by atoms with Crippen LogP contribution in [0.15, 0.2) is 35.5 Å². The van der Waals surface area contributed by atoms with E-state index in [0.29, 0.717) is 5.96 Å². The highest BCUT2D eigenvalue weighted by atomic mass is 16.3. The van der Waals surface area contributed by atoms with E-state index in [2.05, 4.69) is 25.8 Å². The number of aliphatic hydroxyl groups is 1. The second-order valence-corrected chi connectivity index (χ2v) is 6.58.